The first-order valence-corrected chi connectivity index (χ1v) is 8.94. The van der Waals surface area contributed by atoms with Gasteiger partial charge in [0.15, 0.2) is 0 Å². The number of thiophene rings is 1. The molecule has 0 amide bonds. The molecule has 0 saturated carbocycles. The highest BCUT2D eigenvalue weighted by molar-refractivity contribution is 7.91. The number of aromatic nitrogens is 2. The van der Waals surface area contributed by atoms with E-state index >= 15 is 0 Å². The number of piperidine rings is 1. The summed E-state index contributed by atoms with van der Waals surface area (Å²) in [5.74, 6) is 0.210. The summed E-state index contributed by atoms with van der Waals surface area (Å²) in [7, 11) is -3.35. The second-order valence-electron chi connectivity index (χ2n) is 5.16. The first-order valence-electron chi connectivity index (χ1n) is 6.62. The maximum absolute atomic E-state index is 12.6. The summed E-state index contributed by atoms with van der Waals surface area (Å²) in [6.45, 7) is 3.05. The number of H-pyrrole nitrogens is 1. The largest absolute Gasteiger partial charge is 0.282 e. The zero-order valence-electron chi connectivity index (χ0n) is 11.2. The van der Waals surface area contributed by atoms with Crippen molar-refractivity contribution in [3.05, 3.63) is 35.0 Å². The number of rotatable bonds is 3. The Kier molecular flexibility index (Phi) is 3.66. The Hall–Kier alpha value is -1.18. The van der Waals surface area contributed by atoms with Gasteiger partial charge in [0.2, 0.25) is 0 Å². The topological polar surface area (TPSA) is 66.1 Å². The van der Waals surface area contributed by atoms with Gasteiger partial charge >= 0.3 is 0 Å². The van der Waals surface area contributed by atoms with Gasteiger partial charge in [-0.3, -0.25) is 5.10 Å². The number of hydrogen-bond donors (Lipinski definition) is 1. The van der Waals surface area contributed by atoms with Gasteiger partial charge in [-0.2, -0.15) is 9.40 Å². The van der Waals surface area contributed by atoms with E-state index in [9.17, 15) is 8.42 Å². The molecule has 7 heteroatoms. The standard InChI is InChI=1S/C13H17N3O2S2/c1-10-7-13(19-9-10)20(17,18)16-6-2-3-11(8-16)12-4-5-14-15-12/h4-5,7,9,11H,2-3,6,8H2,1H3,(H,14,15). The van der Waals surface area contributed by atoms with Crippen molar-refractivity contribution in [1.82, 2.24) is 14.5 Å². The second-order valence-corrected chi connectivity index (χ2v) is 8.23. The predicted octanol–water partition coefficient (Wildman–Crippen LogP) is 2.35. The average Bonchev–Trinajstić information content (AvgIpc) is 3.10. The molecule has 1 unspecified atom stereocenters. The molecule has 1 atom stereocenters. The normalized spacial score (nSPS) is 21.1. The van der Waals surface area contributed by atoms with Gasteiger partial charge < -0.3 is 0 Å². The van der Waals surface area contributed by atoms with Gasteiger partial charge in [-0.25, -0.2) is 8.42 Å². The number of sulfonamides is 1. The number of hydrogen-bond acceptors (Lipinski definition) is 4. The lowest BCUT2D eigenvalue weighted by molar-refractivity contribution is 0.313. The van der Waals surface area contributed by atoms with Gasteiger partial charge in [0, 0.05) is 30.9 Å². The van der Waals surface area contributed by atoms with E-state index in [1.165, 1.54) is 11.3 Å². The number of aromatic amines is 1. The molecule has 2 aromatic heterocycles. The van der Waals surface area contributed by atoms with E-state index in [4.69, 9.17) is 0 Å². The van der Waals surface area contributed by atoms with Crippen molar-refractivity contribution in [3.63, 3.8) is 0 Å². The maximum atomic E-state index is 12.6. The molecule has 108 valence electrons. The van der Waals surface area contributed by atoms with Gasteiger partial charge in [0.25, 0.3) is 10.0 Å². The lowest BCUT2D eigenvalue weighted by Crippen LogP contribution is -2.38. The Morgan fingerprint density at radius 2 is 2.35 bits per heavy atom. The maximum Gasteiger partial charge on any atom is 0.252 e. The summed E-state index contributed by atoms with van der Waals surface area (Å²) in [6.07, 6.45) is 3.59. The average molecular weight is 311 g/mol. The van der Waals surface area contributed by atoms with Crippen LogP contribution in [0, 0.1) is 6.92 Å². The molecule has 0 spiro atoms. The minimum atomic E-state index is -3.35. The molecule has 1 N–H and O–H groups in total. The van der Waals surface area contributed by atoms with Crippen LogP contribution < -0.4 is 0 Å². The van der Waals surface area contributed by atoms with Crippen molar-refractivity contribution in [2.75, 3.05) is 13.1 Å². The molecular weight excluding hydrogens is 294 g/mol. The molecule has 0 bridgehead atoms. The Morgan fingerprint density at radius 3 is 3.00 bits per heavy atom. The minimum Gasteiger partial charge on any atom is -0.282 e. The van der Waals surface area contributed by atoms with Crippen LogP contribution in [-0.2, 0) is 10.0 Å². The Bertz CT molecular complexity index is 676. The van der Waals surface area contributed by atoms with Crippen LogP contribution in [0.15, 0.2) is 27.9 Å². The van der Waals surface area contributed by atoms with Crippen molar-refractivity contribution in [3.8, 4) is 0 Å². The first-order chi connectivity index (χ1) is 9.57. The Balaban J connectivity index is 1.83. The molecule has 1 fully saturated rings. The summed E-state index contributed by atoms with van der Waals surface area (Å²) in [4.78, 5) is 0. The summed E-state index contributed by atoms with van der Waals surface area (Å²) in [5.41, 5.74) is 2.02. The third-order valence-electron chi connectivity index (χ3n) is 3.65. The molecule has 2 aromatic rings. The third kappa shape index (κ3) is 2.53. The van der Waals surface area contributed by atoms with Crippen LogP contribution in [0.2, 0.25) is 0 Å². The number of aryl methyl sites for hydroxylation is 1. The third-order valence-corrected chi connectivity index (χ3v) is 7.05. The summed E-state index contributed by atoms with van der Waals surface area (Å²) < 4.78 is 27.3. The van der Waals surface area contributed by atoms with Gasteiger partial charge in [0.05, 0.1) is 0 Å². The zero-order chi connectivity index (χ0) is 14.2. The van der Waals surface area contributed by atoms with E-state index in [0.717, 1.165) is 24.1 Å². The highest BCUT2D eigenvalue weighted by atomic mass is 32.2. The van der Waals surface area contributed by atoms with E-state index in [0.29, 0.717) is 17.3 Å². The van der Waals surface area contributed by atoms with Gasteiger partial charge in [-0.15, -0.1) is 11.3 Å². The monoisotopic (exact) mass is 311 g/mol. The lowest BCUT2D eigenvalue weighted by atomic mass is 9.96. The van der Waals surface area contributed by atoms with Crippen molar-refractivity contribution in [2.45, 2.75) is 29.9 Å². The number of nitrogens with zero attached hydrogens (tertiary/aromatic N) is 2. The number of nitrogens with one attached hydrogen (secondary N) is 1. The smallest absolute Gasteiger partial charge is 0.252 e. The van der Waals surface area contributed by atoms with E-state index in [1.807, 2.05) is 18.4 Å². The highest BCUT2D eigenvalue weighted by Gasteiger charge is 2.32. The molecule has 1 saturated heterocycles. The summed E-state index contributed by atoms with van der Waals surface area (Å²) in [6, 6.07) is 3.68. The van der Waals surface area contributed by atoms with Crippen LogP contribution in [0.25, 0.3) is 0 Å². The summed E-state index contributed by atoms with van der Waals surface area (Å²) in [5, 5.41) is 8.79. The van der Waals surface area contributed by atoms with Crippen LogP contribution >= 0.6 is 11.3 Å². The van der Waals surface area contributed by atoms with E-state index < -0.39 is 10.0 Å². The molecular formula is C13H17N3O2S2. The van der Waals surface area contributed by atoms with Crippen molar-refractivity contribution < 1.29 is 8.42 Å². The fraction of sp³-hybridized carbons (Fsp3) is 0.462. The second kappa shape index (κ2) is 5.31. The van der Waals surface area contributed by atoms with E-state index in [-0.39, 0.29) is 5.92 Å². The van der Waals surface area contributed by atoms with Gasteiger partial charge in [-0.1, -0.05) is 0 Å². The Labute approximate surface area is 122 Å². The summed E-state index contributed by atoms with van der Waals surface area (Å²) >= 11 is 1.30. The van der Waals surface area contributed by atoms with Crippen LogP contribution in [0.4, 0.5) is 0 Å². The van der Waals surface area contributed by atoms with Crippen LogP contribution in [0.5, 0.6) is 0 Å². The fourth-order valence-electron chi connectivity index (χ4n) is 2.58. The fourth-order valence-corrected chi connectivity index (χ4v) is 5.48. The van der Waals surface area contributed by atoms with Crippen LogP contribution in [-0.4, -0.2) is 36.0 Å². The SMILES string of the molecule is Cc1csc(S(=O)(=O)N2CCCC(c3ccn[nH]3)C2)c1. The van der Waals surface area contributed by atoms with E-state index in [2.05, 4.69) is 10.2 Å². The molecule has 3 rings (SSSR count). The molecule has 5 nitrogen and oxygen atoms in total. The van der Waals surface area contributed by atoms with Crippen molar-refractivity contribution >= 4 is 21.4 Å². The van der Waals surface area contributed by atoms with Gasteiger partial charge in [-0.05, 0) is 42.8 Å². The molecule has 20 heavy (non-hydrogen) atoms. The minimum absolute atomic E-state index is 0.210. The molecule has 1 aliphatic heterocycles. The molecule has 0 aromatic carbocycles. The predicted molar refractivity (Wildman–Crippen MR) is 78.4 cm³/mol. The van der Waals surface area contributed by atoms with Crippen molar-refractivity contribution in [1.29, 1.82) is 0 Å². The zero-order valence-corrected chi connectivity index (χ0v) is 12.9. The van der Waals surface area contributed by atoms with Gasteiger partial charge in [0.1, 0.15) is 4.21 Å². The molecule has 1 aliphatic rings. The first kappa shape index (κ1) is 13.8. The molecule has 0 aliphatic carbocycles. The highest BCUT2D eigenvalue weighted by Crippen LogP contribution is 2.31. The van der Waals surface area contributed by atoms with Crippen LogP contribution in [0.3, 0.4) is 0 Å². The quantitative estimate of drug-likeness (QED) is 0.946. The van der Waals surface area contributed by atoms with Crippen molar-refractivity contribution in [2.24, 2.45) is 0 Å². The van der Waals surface area contributed by atoms with E-state index in [1.54, 1.807) is 16.6 Å². The molecule has 0 radical (unpaired) electrons. The Morgan fingerprint density at radius 1 is 1.50 bits per heavy atom. The lowest BCUT2D eigenvalue weighted by Gasteiger charge is -2.30. The molecule has 3 heterocycles. The van der Waals surface area contributed by atoms with Crippen LogP contribution in [0.1, 0.15) is 30.0 Å².